The van der Waals surface area contributed by atoms with Crippen LogP contribution in [0.1, 0.15) is 25.8 Å². The molecule has 1 N–H and O–H groups in total. The van der Waals surface area contributed by atoms with E-state index in [1.165, 1.54) is 19.1 Å². The van der Waals surface area contributed by atoms with E-state index >= 15 is 0 Å². The predicted octanol–water partition coefficient (Wildman–Crippen LogP) is 1.62. The molecule has 1 aromatic rings. The highest BCUT2D eigenvalue weighted by Gasteiger charge is 2.27. The van der Waals surface area contributed by atoms with Gasteiger partial charge in [-0.1, -0.05) is 0 Å². The summed E-state index contributed by atoms with van der Waals surface area (Å²) in [5.74, 6) is -0.0666. The first-order valence-electron chi connectivity index (χ1n) is 5.71. The summed E-state index contributed by atoms with van der Waals surface area (Å²) < 4.78 is 31.2. The molecular formula is C12H15NO4S. The van der Waals surface area contributed by atoms with Gasteiger partial charge in [0.05, 0.1) is 4.90 Å². The Labute approximate surface area is 106 Å². The highest BCUT2D eigenvalue weighted by atomic mass is 32.2. The molecule has 2 rings (SSSR count). The molecule has 0 saturated carbocycles. The summed E-state index contributed by atoms with van der Waals surface area (Å²) in [7, 11) is -4.19. The number of carbonyl (C=O) groups is 1. The zero-order chi connectivity index (χ0) is 13.5. The quantitative estimate of drug-likeness (QED) is 0.786. The number of hydrogen-bond donors (Lipinski definition) is 1. The van der Waals surface area contributed by atoms with Gasteiger partial charge in [-0.3, -0.25) is 9.35 Å². The molecule has 1 aliphatic heterocycles. The Balaban J connectivity index is 2.53. The van der Waals surface area contributed by atoms with Crippen LogP contribution in [-0.2, 0) is 21.3 Å². The Bertz CT molecular complexity index is 594. The van der Waals surface area contributed by atoms with Gasteiger partial charge in [0.1, 0.15) is 0 Å². The van der Waals surface area contributed by atoms with Crippen molar-refractivity contribution in [1.29, 1.82) is 0 Å². The topological polar surface area (TPSA) is 74.7 Å². The van der Waals surface area contributed by atoms with Gasteiger partial charge in [0.2, 0.25) is 5.91 Å². The Morgan fingerprint density at radius 3 is 2.67 bits per heavy atom. The molecule has 1 atom stereocenters. The molecule has 0 spiro atoms. The first-order chi connectivity index (χ1) is 8.30. The summed E-state index contributed by atoms with van der Waals surface area (Å²) >= 11 is 0. The third kappa shape index (κ3) is 2.26. The number of nitrogens with zero attached hydrogens (tertiary/aromatic N) is 1. The van der Waals surface area contributed by atoms with Crippen molar-refractivity contribution in [3.05, 3.63) is 23.8 Å². The largest absolute Gasteiger partial charge is 0.310 e. The van der Waals surface area contributed by atoms with Crippen LogP contribution in [0.2, 0.25) is 0 Å². The average molecular weight is 269 g/mol. The van der Waals surface area contributed by atoms with Crippen LogP contribution in [0.25, 0.3) is 0 Å². The molecule has 0 fully saturated rings. The van der Waals surface area contributed by atoms with E-state index in [2.05, 4.69) is 0 Å². The van der Waals surface area contributed by atoms with Gasteiger partial charge in [-0.25, -0.2) is 0 Å². The lowest BCUT2D eigenvalue weighted by Gasteiger charge is -2.34. The Morgan fingerprint density at radius 1 is 1.44 bits per heavy atom. The van der Waals surface area contributed by atoms with Gasteiger partial charge in [0, 0.05) is 18.7 Å². The lowest BCUT2D eigenvalue weighted by molar-refractivity contribution is -0.117. The zero-order valence-electron chi connectivity index (χ0n) is 10.3. The maximum Gasteiger partial charge on any atom is 0.294 e. The first-order valence-corrected chi connectivity index (χ1v) is 7.15. The normalized spacial score (nSPS) is 19.5. The van der Waals surface area contributed by atoms with E-state index in [9.17, 15) is 13.2 Å². The molecule has 1 unspecified atom stereocenters. The van der Waals surface area contributed by atoms with Gasteiger partial charge in [-0.15, -0.1) is 0 Å². The van der Waals surface area contributed by atoms with Crippen molar-refractivity contribution in [2.24, 2.45) is 0 Å². The number of fused-ring (bicyclic) bond motifs is 1. The van der Waals surface area contributed by atoms with Gasteiger partial charge >= 0.3 is 0 Å². The molecule has 0 aliphatic carbocycles. The summed E-state index contributed by atoms with van der Waals surface area (Å²) in [4.78, 5) is 13.1. The molecule has 5 nitrogen and oxygen atoms in total. The van der Waals surface area contributed by atoms with E-state index in [-0.39, 0.29) is 16.8 Å². The van der Waals surface area contributed by atoms with Crippen molar-refractivity contribution in [1.82, 2.24) is 0 Å². The molecule has 1 amide bonds. The lowest BCUT2D eigenvalue weighted by atomic mass is 9.96. The van der Waals surface area contributed by atoms with Crippen molar-refractivity contribution in [2.75, 3.05) is 4.90 Å². The number of aryl methyl sites for hydroxylation is 1. The van der Waals surface area contributed by atoms with E-state index in [0.717, 1.165) is 17.7 Å². The Morgan fingerprint density at radius 2 is 2.11 bits per heavy atom. The number of benzene rings is 1. The van der Waals surface area contributed by atoms with Crippen LogP contribution in [0.15, 0.2) is 23.1 Å². The molecule has 1 aromatic carbocycles. The van der Waals surface area contributed by atoms with E-state index in [4.69, 9.17) is 4.55 Å². The molecule has 0 aromatic heterocycles. The lowest BCUT2D eigenvalue weighted by Crippen LogP contribution is -2.40. The molecule has 0 radical (unpaired) electrons. The van der Waals surface area contributed by atoms with Crippen molar-refractivity contribution < 1.29 is 17.8 Å². The van der Waals surface area contributed by atoms with Crippen LogP contribution >= 0.6 is 0 Å². The molecule has 0 bridgehead atoms. The molecule has 18 heavy (non-hydrogen) atoms. The summed E-state index contributed by atoms with van der Waals surface area (Å²) in [5, 5.41) is 0. The van der Waals surface area contributed by atoms with Crippen LogP contribution in [0.5, 0.6) is 0 Å². The molecular weight excluding hydrogens is 254 g/mol. The van der Waals surface area contributed by atoms with Crippen molar-refractivity contribution in [3.8, 4) is 0 Å². The Kier molecular flexibility index (Phi) is 3.16. The third-order valence-corrected chi connectivity index (χ3v) is 4.07. The first kappa shape index (κ1) is 13.0. The van der Waals surface area contributed by atoms with Gasteiger partial charge in [0.15, 0.2) is 0 Å². The predicted molar refractivity (Wildman–Crippen MR) is 67.2 cm³/mol. The molecule has 6 heteroatoms. The van der Waals surface area contributed by atoms with Gasteiger partial charge in [0.25, 0.3) is 10.1 Å². The molecule has 98 valence electrons. The summed E-state index contributed by atoms with van der Waals surface area (Å²) in [6, 6.07) is 4.44. The van der Waals surface area contributed by atoms with Crippen LogP contribution in [-0.4, -0.2) is 24.9 Å². The highest BCUT2D eigenvalue weighted by molar-refractivity contribution is 7.85. The molecule has 1 aliphatic rings. The molecule has 1 heterocycles. The minimum Gasteiger partial charge on any atom is -0.310 e. The van der Waals surface area contributed by atoms with E-state index in [1.807, 2.05) is 6.92 Å². The number of amides is 1. The second kappa shape index (κ2) is 4.37. The van der Waals surface area contributed by atoms with E-state index in [0.29, 0.717) is 6.42 Å². The van der Waals surface area contributed by atoms with Gasteiger partial charge in [-0.2, -0.15) is 8.42 Å². The fourth-order valence-electron chi connectivity index (χ4n) is 2.37. The highest BCUT2D eigenvalue weighted by Crippen LogP contribution is 2.32. The minimum absolute atomic E-state index is 0.0666. The SMILES string of the molecule is CC(=O)N1c2ccc(S(=O)(=O)O)cc2CCC1C. The maximum atomic E-state index is 11.6. The maximum absolute atomic E-state index is 11.6. The Hall–Kier alpha value is -1.40. The van der Waals surface area contributed by atoms with Crippen molar-refractivity contribution in [2.45, 2.75) is 37.6 Å². The standard InChI is InChI=1S/C12H15NO4S/c1-8-3-4-10-7-11(18(15,16)17)5-6-12(10)13(8)9(2)14/h5-8H,3-4H2,1-2H3,(H,15,16,17). The summed E-state index contributed by atoms with van der Waals surface area (Å²) in [6.07, 6.45) is 1.48. The number of anilines is 1. The number of carbonyl (C=O) groups excluding carboxylic acids is 1. The van der Waals surface area contributed by atoms with Gasteiger partial charge < -0.3 is 4.90 Å². The van der Waals surface area contributed by atoms with Gasteiger partial charge in [-0.05, 0) is 43.5 Å². The fourth-order valence-corrected chi connectivity index (χ4v) is 2.90. The smallest absolute Gasteiger partial charge is 0.294 e. The average Bonchev–Trinajstić information content (AvgIpc) is 2.26. The second-order valence-corrected chi connectivity index (χ2v) is 5.96. The monoisotopic (exact) mass is 269 g/mol. The van der Waals surface area contributed by atoms with Crippen LogP contribution < -0.4 is 4.90 Å². The summed E-state index contributed by atoms with van der Waals surface area (Å²) in [6.45, 7) is 3.45. The zero-order valence-corrected chi connectivity index (χ0v) is 11.1. The van der Waals surface area contributed by atoms with Crippen LogP contribution in [0.4, 0.5) is 5.69 Å². The fraction of sp³-hybridized carbons (Fsp3) is 0.417. The van der Waals surface area contributed by atoms with Crippen LogP contribution in [0, 0.1) is 0 Å². The van der Waals surface area contributed by atoms with Crippen molar-refractivity contribution in [3.63, 3.8) is 0 Å². The number of rotatable bonds is 1. The summed E-state index contributed by atoms with van der Waals surface area (Å²) in [5.41, 5.74) is 1.51. The second-order valence-electron chi connectivity index (χ2n) is 4.54. The minimum atomic E-state index is -4.19. The van der Waals surface area contributed by atoms with Crippen LogP contribution in [0.3, 0.4) is 0 Å². The van der Waals surface area contributed by atoms with Crippen molar-refractivity contribution >= 4 is 21.7 Å². The number of hydrogen-bond acceptors (Lipinski definition) is 3. The third-order valence-electron chi connectivity index (χ3n) is 3.22. The van der Waals surface area contributed by atoms with E-state index in [1.54, 1.807) is 11.0 Å². The molecule has 0 saturated heterocycles. The van der Waals surface area contributed by atoms with E-state index < -0.39 is 10.1 Å².